The highest BCUT2D eigenvalue weighted by Gasteiger charge is 2.20. The molecule has 0 saturated heterocycles. The Bertz CT molecular complexity index is 699. The molecule has 1 aromatic carbocycles. The van der Waals surface area contributed by atoms with Gasteiger partial charge in [-0.1, -0.05) is 19.1 Å². The van der Waals surface area contributed by atoms with Gasteiger partial charge >= 0.3 is 12.1 Å². The fraction of sp³-hybridized carbons (Fsp3) is 0.474. The molecule has 166 valence electrons. The predicted molar refractivity (Wildman–Crippen MR) is 110 cm³/mol. The van der Waals surface area contributed by atoms with Crippen LogP contribution in [0.25, 0.3) is 0 Å². The monoisotopic (exact) mass is 423 g/mol. The van der Waals surface area contributed by atoms with E-state index in [4.69, 9.17) is 15.9 Å². The standard InChI is InChI=1S/C19H29N5O6/c1-12(16(11-27)23-19(29)30)8-21-15(10-26)6-7-17(24-18(20)28)22-14-4-2-13(9-25)3-5-14/h2-5,10-12,15-17,21-23,25H,6-9H2,1H3,(H,29,30)(H3,20,24,28)/t12-,15?,16?,17?/m1/s1. The molecule has 0 spiro atoms. The predicted octanol–water partition coefficient (Wildman–Crippen LogP) is -0.00630. The van der Waals surface area contributed by atoms with E-state index in [0.717, 1.165) is 5.56 Å². The lowest BCUT2D eigenvalue weighted by atomic mass is 10.0. The number of rotatable bonds is 14. The maximum atomic E-state index is 11.4. The summed E-state index contributed by atoms with van der Waals surface area (Å²) in [4.78, 5) is 44.4. The SMILES string of the molecule is C[C@H](CNC(C=O)CCC(NC(N)=O)Nc1ccc(CO)cc1)C(C=O)NC(=O)O. The first-order valence-corrected chi connectivity index (χ1v) is 9.44. The third-order valence-corrected chi connectivity index (χ3v) is 4.48. The number of urea groups is 1. The minimum atomic E-state index is -1.30. The minimum Gasteiger partial charge on any atom is -0.465 e. The molecule has 4 atom stereocenters. The van der Waals surface area contributed by atoms with Crippen LogP contribution in [0.1, 0.15) is 25.3 Å². The third kappa shape index (κ3) is 9.34. The molecule has 3 unspecified atom stereocenters. The van der Waals surface area contributed by atoms with Gasteiger partial charge < -0.3 is 46.8 Å². The van der Waals surface area contributed by atoms with E-state index in [0.29, 0.717) is 31.1 Å². The van der Waals surface area contributed by atoms with Crippen LogP contribution in [0.3, 0.4) is 0 Å². The summed E-state index contributed by atoms with van der Waals surface area (Å²) in [6.07, 6.45) is 0.0886. The summed E-state index contributed by atoms with van der Waals surface area (Å²) >= 11 is 0. The van der Waals surface area contributed by atoms with Crippen molar-refractivity contribution in [3.63, 3.8) is 0 Å². The Morgan fingerprint density at radius 3 is 2.27 bits per heavy atom. The van der Waals surface area contributed by atoms with E-state index >= 15 is 0 Å². The number of hydrogen-bond acceptors (Lipinski definition) is 7. The maximum absolute atomic E-state index is 11.4. The van der Waals surface area contributed by atoms with Gasteiger partial charge in [-0.2, -0.15) is 0 Å². The lowest BCUT2D eigenvalue weighted by molar-refractivity contribution is -0.110. The molecule has 3 amide bonds. The van der Waals surface area contributed by atoms with Gasteiger partial charge in [0.15, 0.2) is 0 Å². The van der Waals surface area contributed by atoms with Crippen LogP contribution >= 0.6 is 0 Å². The van der Waals surface area contributed by atoms with Gasteiger partial charge in [0, 0.05) is 12.2 Å². The lowest BCUT2D eigenvalue weighted by Crippen LogP contribution is -2.46. The molecule has 0 heterocycles. The smallest absolute Gasteiger partial charge is 0.405 e. The van der Waals surface area contributed by atoms with Gasteiger partial charge in [0.1, 0.15) is 18.7 Å². The van der Waals surface area contributed by atoms with Crippen molar-refractivity contribution in [1.82, 2.24) is 16.0 Å². The molecular weight excluding hydrogens is 394 g/mol. The second kappa shape index (κ2) is 13.1. The summed E-state index contributed by atoms with van der Waals surface area (Å²) in [6, 6.07) is 4.76. The number of aliphatic hydroxyl groups excluding tert-OH is 1. The normalized spacial score (nSPS) is 14.6. The van der Waals surface area contributed by atoms with Crippen LogP contribution in [0.5, 0.6) is 0 Å². The quantitative estimate of drug-likeness (QED) is 0.161. The Morgan fingerprint density at radius 1 is 1.10 bits per heavy atom. The molecule has 0 aliphatic rings. The molecule has 0 radical (unpaired) electrons. The summed E-state index contributed by atoms with van der Waals surface area (Å²) in [7, 11) is 0. The van der Waals surface area contributed by atoms with E-state index in [9.17, 15) is 19.2 Å². The molecule has 0 bridgehead atoms. The summed E-state index contributed by atoms with van der Waals surface area (Å²) in [5.41, 5.74) is 6.66. The summed E-state index contributed by atoms with van der Waals surface area (Å²) < 4.78 is 0. The first-order valence-electron chi connectivity index (χ1n) is 9.44. The zero-order chi connectivity index (χ0) is 22.5. The van der Waals surface area contributed by atoms with E-state index in [2.05, 4.69) is 21.3 Å². The number of carbonyl (C=O) groups is 4. The number of amides is 3. The Balaban J connectivity index is 2.61. The van der Waals surface area contributed by atoms with Crippen molar-refractivity contribution in [3.8, 4) is 0 Å². The van der Waals surface area contributed by atoms with Gasteiger partial charge in [-0.25, -0.2) is 9.59 Å². The first-order chi connectivity index (χ1) is 14.3. The highest BCUT2D eigenvalue weighted by atomic mass is 16.4. The number of hydrogen-bond donors (Lipinski definition) is 7. The molecule has 8 N–H and O–H groups in total. The van der Waals surface area contributed by atoms with Crippen LogP contribution in [0.4, 0.5) is 15.3 Å². The van der Waals surface area contributed by atoms with E-state index in [1.807, 2.05) is 0 Å². The van der Waals surface area contributed by atoms with Gasteiger partial charge in [0.05, 0.1) is 18.7 Å². The second-order valence-electron chi connectivity index (χ2n) is 6.88. The van der Waals surface area contributed by atoms with Gasteiger partial charge in [0.2, 0.25) is 0 Å². The van der Waals surface area contributed by atoms with Gasteiger partial charge in [-0.05, 0) is 36.5 Å². The molecule has 1 aromatic rings. The molecule has 0 fully saturated rings. The van der Waals surface area contributed by atoms with Crippen molar-refractivity contribution in [1.29, 1.82) is 0 Å². The summed E-state index contributed by atoms with van der Waals surface area (Å²) in [5, 5.41) is 28.6. The van der Waals surface area contributed by atoms with Gasteiger partial charge in [-0.15, -0.1) is 0 Å². The molecular formula is C19H29N5O6. The number of primary amides is 1. The van der Waals surface area contributed by atoms with Crippen LogP contribution in [0.2, 0.25) is 0 Å². The molecule has 0 aliphatic carbocycles. The summed E-state index contributed by atoms with van der Waals surface area (Å²) in [6.45, 7) is 1.83. The van der Waals surface area contributed by atoms with Crippen LogP contribution in [-0.2, 0) is 16.2 Å². The second-order valence-corrected chi connectivity index (χ2v) is 6.88. The Kier molecular flexibility index (Phi) is 10.9. The summed E-state index contributed by atoms with van der Waals surface area (Å²) in [5.74, 6) is -0.372. The number of carboxylic acid groups (broad SMARTS) is 1. The van der Waals surface area contributed by atoms with Crippen molar-refractivity contribution < 1.29 is 29.4 Å². The van der Waals surface area contributed by atoms with Crippen LogP contribution in [0, 0.1) is 5.92 Å². The number of nitrogens with one attached hydrogen (secondary N) is 4. The highest BCUT2D eigenvalue weighted by molar-refractivity contribution is 5.72. The average molecular weight is 423 g/mol. The van der Waals surface area contributed by atoms with Crippen LogP contribution < -0.4 is 27.0 Å². The molecule has 30 heavy (non-hydrogen) atoms. The Labute approximate surface area is 174 Å². The van der Waals surface area contributed by atoms with Crippen molar-refractivity contribution in [2.24, 2.45) is 11.7 Å². The first kappa shape index (κ1) is 24.9. The topological polar surface area (TPSA) is 183 Å². The van der Waals surface area contributed by atoms with E-state index < -0.39 is 30.4 Å². The van der Waals surface area contributed by atoms with Gasteiger partial charge in [-0.3, -0.25) is 0 Å². The molecule has 1 rings (SSSR count). The van der Waals surface area contributed by atoms with E-state index in [1.165, 1.54) is 0 Å². The molecule has 0 aliphatic heterocycles. The Morgan fingerprint density at radius 2 is 1.77 bits per heavy atom. The Hall–Kier alpha value is -3.18. The van der Waals surface area contributed by atoms with Crippen molar-refractivity contribution >= 4 is 30.4 Å². The number of aliphatic hydroxyl groups is 1. The molecule has 11 heteroatoms. The minimum absolute atomic E-state index is 0.0820. The van der Waals surface area contributed by atoms with E-state index in [-0.39, 0.29) is 19.1 Å². The highest BCUT2D eigenvalue weighted by Crippen LogP contribution is 2.12. The lowest BCUT2D eigenvalue weighted by Gasteiger charge is -2.24. The van der Waals surface area contributed by atoms with Gasteiger partial charge in [0.25, 0.3) is 0 Å². The number of carbonyl (C=O) groups excluding carboxylic acids is 3. The fourth-order valence-electron chi connectivity index (χ4n) is 2.74. The van der Waals surface area contributed by atoms with Crippen molar-refractivity contribution in [3.05, 3.63) is 29.8 Å². The van der Waals surface area contributed by atoms with Crippen molar-refractivity contribution in [2.75, 3.05) is 11.9 Å². The molecule has 0 saturated carbocycles. The number of anilines is 1. The fourth-order valence-corrected chi connectivity index (χ4v) is 2.74. The largest absolute Gasteiger partial charge is 0.465 e. The van der Waals surface area contributed by atoms with Crippen LogP contribution in [-0.4, -0.2) is 59.7 Å². The zero-order valence-electron chi connectivity index (χ0n) is 16.7. The average Bonchev–Trinajstić information content (AvgIpc) is 2.71. The number of nitrogens with two attached hydrogens (primary N) is 1. The number of aldehydes is 2. The van der Waals surface area contributed by atoms with Crippen LogP contribution in [0.15, 0.2) is 24.3 Å². The molecule has 11 nitrogen and oxygen atoms in total. The zero-order valence-corrected chi connectivity index (χ0v) is 16.7. The molecule has 0 aromatic heterocycles. The van der Waals surface area contributed by atoms with E-state index in [1.54, 1.807) is 31.2 Å². The van der Waals surface area contributed by atoms with Crippen molar-refractivity contribution in [2.45, 2.75) is 44.6 Å². The number of benzene rings is 1. The third-order valence-electron chi connectivity index (χ3n) is 4.48. The maximum Gasteiger partial charge on any atom is 0.405 e.